The van der Waals surface area contributed by atoms with Gasteiger partial charge in [0.25, 0.3) is 5.91 Å². The van der Waals surface area contributed by atoms with Crippen LogP contribution in [0.1, 0.15) is 16.8 Å². The summed E-state index contributed by atoms with van der Waals surface area (Å²) in [5.41, 5.74) is -0.0943. The third kappa shape index (κ3) is 2.62. The second-order valence-electron chi connectivity index (χ2n) is 3.98. The maximum absolute atomic E-state index is 11.8. The molecule has 0 spiro atoms. The molecule has 1 fully saturated rings. The smallest absolute Gasteiger partial charge is 0.256 e. The van der Waals surface area contributed by atoms with Gasteiger partial charge in [0.05, 0.1) is 18.4 Å². The van der Waals surface area contributed by atoms with Crippen LogP contribution < -0.4 is 5.32 Å². The van der Waals surface area contributed by atoms with Crippen LogP contribution in [0.4, 0.5) is 0 Å². The van der Waals surface area contributed by atoms with Crippen LogP contribution in [-0.4, -0.2) is 38.4 Å². The van der Waals surface area contributed by atoms with E-state index in [-0.39, 0.29) is 11.1 Å². The summed E-state index contributed by atoms with van der Waals surface area (Å²) in [5.74, 6) is -0.271. The second-order valence-corrected chi connectivity index (χ2v) is 4.32. The number of hydrogen-bond donors (Lipinski definition) is 1. The summed E-state index contributed by atoms with van der Waals surface area (Å²) in [6.07, 6.45) is 2.14. The number of halogens is 1. The Labute approximate surface area is 104 Å². The molecule has 94 valence electrons. The van der Waals surface area contributed by atoms with Crippen molar-refractivity contribution in [2.45, 2.75) is 12.0 Å². The zero-order valence-corrected chi connectivity index (χ0v) is 10.3. The molecule has 0 saturated carbocycles. The molecule has 1 aliphatic rings. The first-order valence-corrected chi connectivity index (χ1v) is 5.69. The van der Waals surface area contributed by atoms with Gasteiger partial charge >= 0.3 is 0 Å². The minimum absolute atomic E-state index is 0.0941. The number of nitrogens with one attached hydrogen (secondary N) is 1. The van der Waals surface area contributed by atoms with E-state index in [0.717, 1.165) is 6.42 Å². The Hall–Kier alpha value is -1.04. The molecule has 1 atom stereocenters. The quantitative estimate of drug-likeness (QED) is 0.890. The van der Waals surface area contributed by atoms with Gasteiger partial charge in [-0.2, -0.15) is 0 Å². The lowest BCUT2D eigenvalue weighted by Crippen LogP contribution is -2.45. The standard InChI is InChI=1S/C11H14ClNO4/c1-15-11(3-5-16-7-11)6-13-10(14)8-2-4-17-9(8)12/h2,4H,3,5-7H2,1H3,(H,13,14). The third-order valence-electron chi connectivity index (χ3n) is 2.93. The highest BCUT2D eigenvalue weighted by Gasteiger charge is 2.35. The number of carbonyl (C=O) groups excluding carboxylic acids is 1. The van der Waals surface area contributed by atoms with E-state index >= 15 is 0 Å². The van der Waals surface area contributed by atoms with E-state index < -0.39 is 5.60 Å². The molecule has 1 aromatic heterocycles. The molecule has 1 N–H and O–H groups in total. The topological polar surface area (TPSA) is 60.7 Å². The Morgan fingerprint density at radius 1 is 1.71 bits per heavy atom. The Kier molecular flexibility index (Phi) is 3.71. The largest absolute Gasteiger partial charge is 0.452 e. The minimum atomic E-state index is -0.425. The molecule has 6 heteroatoms. The van der Waals surface area contributed by atoms with Crippen LogP contribution in [0, 0.1) is 0 Å². The number of hydrogen-bond acceptors (Lipinski definition) is 4. The molecule has 5 nitrogen and oxygen atoms in total. The predicted octanol–water partition coefficient (Wildman–Crippen LogP) is 1.47. The van der Waals surface area contributed by atoms with Crippen molar-refractivity contribution in [1.82, 2.24) is 5.32 Å². The fourth-order valence-corrected chi connectivity index (χ4v) is 1.95. The van der Waals surface area contributed by atoms with E-state index in [1.807, 2.05) is 0 Å². The van der Waals surface area contributed by atoms with Crippen LogP contribution in [0.5, 0.6) is 0 Å². The molecule has 17 heavy (non-hydrogen) atoms. The molecule has 0 radical (unpaired) electrons. The van der Waals surface area contributed by atoms with Crippen molar-refractivity contribution in [1.29, 1.82) is 0 Å². The van der Waals surface area contributed by atoms with Gasteiger partial charge in [0.15, 0.2) is 0 Å². The lowest BCUT2D eigenvalue weighted by atomic mass is 10.0. The van der Waals surface area contributed by atoms with Crippen molar-refractivity contribution in [2.24, 2.45) is 0 Å². The fraction of sp³-hybridized carbons (Fsp3) is 0.545. The summed E-state index contributed by atoms with van der Waals surface area (Å²) < 4.78 is 15.5. The first kappa shape index (κ1) is 12.4. The van der Waals surface area contributed by atoms with Crippen molar-refractivity contribution in [3.8, 4) is 0 Å². The van der Waals surface area contributed by atoms with Gasteiger partial charge in [-0.3, -0.25) is 4.79 Å². The lowest BCUT2D eigenvalue weighted by Gasteiger charge is -2.25. The number of carbonyl (C=O) groups is 1. The Morgan fingerprint density at radius 3 is 3.06 bits per heavy atom. The van der Waals surface area contributed by atoms with Crippen LogP contribution in [0.2, 0.25) is 5.22 Å². The highest BCUT2D eigenvalue weighted by atomic mass is 35.5. The molecule has 1 unspecified atom stereocenters. The average molecular weight is 260 g/mol. The van der Waals surface area contributed by atoms with E-state index in [1.165, 1.54) is 12.3 Å². The highest BCUT2D eigenvalue weighted by Crippen LogP contribution is 2.22. The summed E-state index contributed by atoms with van der Waals surface area (Å²) >= 11 is 5.72. The van der Waals surface area contributed by atoms with E-state index in [1.54, 1.807) is 7.11 Å². The first-order chi connectivity index (χ1) is 8.17. The van der Waals surface area contributed by atoms with Crippen molar-refractivity contribution in [3.05, 3.63) is 23.1 Å². The number of ether oxygens (including phenoxy) is 2. The van der Waals surface area contributed by atoms with Gasteiger partial charge < -0.3 is 19.2 Å². The van der Waals surface area contributed by atoms with Gasteiger partial charge in [0.1, 0.15) is 5.60 Å². The average Bonchev–Trinajstić information content (AvgIpc) is 2.95. The van der Waals surface area contributed by atoms with E-state index in [2.05, 4.69) is 5.32 Å². The molecule has 2 rings (SSSR count). The van der Waals surface area contributed by atoms with E-state index in [0.29, 0.717) is 25.3 Å². The maximum Gasteiger partial charge on any atom is 0.256 e. The maximum atomic E-state index is 11.8. The monoisotopic (exact) mass is 259 g/mol. The molecule has 0 aromatic carbocycles. The summed E-state index contributed by atoms with van der Waals surface area (Å²) in [5, 5.41) is 2.87. The van der Waals surface area contributed by atoms with Gasteiger partial charge in [0.2, 0.25) is 5.22 Å². The molecular weight excluding hydrogens is 246 g/mol. The Morgan fingerprint density at radius 2 is 2.53 bits per heavy atom. The highest BCUT2D eigenvalue weighted by molar-refractivity contribution is 6.32. The zero-order chi connectivity index (χ0) is 12.3. The minimum Gasteiger partial charge on any atom is -0.452 e. The number of rotatable bonds is 4. The lowest BCUT2D eigenvalue weighted by molar-refractivity contribution is -0.0148. The normalized spacial score (nSPS) is 23.9. The Balaban J connectivity index is 1.94. The van der Waals surface area contributed by atoms with Gasteiger partial charge in [-0.15, -0.1) is 0 Å². The van der Waals surface area contributed by atoms with E-state index in [9.17, 15) is 4.79 Å². The molecule has 1 aliphatic heterocycles. The number of furan rings is 1. The van der Waals surface area contributed by atoms with Crippen LogP contribution in [0.25, 0.3) is 0 Å². The fourth-order valence-electron chi connectivity index (χ4n) is 1.75. The van der Waals surface area contributed by atoms with Crippen LogP contribution in [0.15, 0.2) is 16.7 Å². The van der Waals surface area contributed by atoms with Crippen molar-refractivity contribution in [3.63, 3.8) is 0 Å². The van der Waals surface area contributed by atoms with Gasteiger partial charge in [-0.25, -0.2) is 0 Å². The zero-order valence-electron chi connectivity index (χ0n) is 9.49. The molecule has 0 aliphatic carbocycles. The summed E-state index contributed by atoms with van der Waals surface area (Å²) in [7, 11) is 1.62. The Bertz CT molecular complexity index is 398. The van der Waals surface area contributed by atoms with Gasteiger partial charge in [-0.1, -0.05) is 0 Å². The predicted molar refractivity (Wildman–Crippen MR) is 61.2 cm³/mol. The summed E-state index contributed by atoms with van der Waals surface area (Å²) in [6, 6.07) is 1.53. The molecule has 1 amide bonds. The summed E-state index contributed by atoms with van der Waals surface area (Å²) in [6.45, 7) is 1.53. The molecule has 0 bridgehead atoms. The van der Waals surface area contributed by atoms with Crippen molar-refractivity contribution in [2.75, 3.05) is 26.9 Å². The van der Waals surface area contributed by atoms with Crippen LogP contribution in [-0.2, 0) is 9.47 Å². The molecular formula is C11H14ClNO4. The second kappa shape index (κ2) is 5.08. The van der Waals surface area contributed by atoms with Crippen molar-refractivity contribution >= 4 is 17.5 Å². The molecule has 2 heterocycles. The van der Waals surface area contributed by atoms with E-state index in [4.69, 9.17) is 25.5 Å². The number of amides is 1. The summed E-state index contributed by atoms with van der Waals surface area (Å²) in [4.78, 5) is 11.8. The molecule has 1 saturated heterocycles. The number of methoxy groups -OCH3 is 1. The van der Waals surface area contributed by atoms with Crippen LogP contribution in [0.3, 0.4) is 0 Å². The first-order valence-electron chi connectivity index (χ1n) is 5.31. The van der Waals surface area contributed by atoms with Crippen LogP contribution >= 0.6 is 11.6 Å². The molecule has 1 aromatic rings. The third-order valence-corrected chi connectivity index (χ3v) is 3.23. The van der Waals surface area contributed by atoms with Gasteiger partial charge in [-0.05, 0) is 17.7 Å². The SMILES string of the molecule is COC1(CNC(=O)c2ccoc2Cl)CCOC1. The van der Waals surface area contributed by atoms with Gasteiger partial charge in [0, 0.05) is 26.7 Å². The van der Waals surface area contributed by atoms with Crippen molar-refractivity contribution < 1.29 is 18.7 Å².